The molecular formula is C21H26O2. The van der Waals surface area contributed by atoms with Crippen LogP contribution in [0.25, 0.3) is 0 Å². The normalized spacial score (nSPS) is 10.8. The summed E-state index contributed by atoms with van der Waals surface area (Å²) in [4.78, 5) is 11.2. The summed E-state index contributed by atoms with van der Waals surface area (Å²) < 4.78 is 5.49. The molecule has 0 aromatic heterocycles. The van der Waals surface area contributed by atoms with Gasteiger partial charge in [-0.05, 0) is 54.0 Å². The second-order valence-electron chi connectivity index (χ2n) is 6.42. The fourth-order valence-corrected chi connectivity index (χ4v) is 2.74. The van der Waals surface area contributed by atoms with Crippen LogP contribution in [-0.2, 0) is 24.1 Å². The molecule has 2 nitrogen and oxygen atoms in total. The van der Waals surface area contributed by atoms with Crippen molar-refractivity contribution in [1.82, 2.24) is 0 Å². The van der Waals surface area contributed by atoms with Crippen LogP contribution in [0, 0.1) is 0 Å². The largest absolute Gasteiger partial charge is 0.496 e. The van der Waals surface area contributed by atoms with E-state index in [1.165, 1.54) is 16.7 Å². The van der Waals surface area contributed by atoms with Crippen LogP contribution in [-0.4, -0.2) is 12.9 Å². The number of methoxy groups -OCH3 is 1. The number of carbonyl (C=O) groups excluding carboxylic acids is 1. The third-order valence-corrected chi connectivity index (χ3v) is 4.13. The molecule has 0 radical (unpaired) electrons. The molecule has 0 saturated carbocycles. The van der Waals surface area contributed by atoms with Gasteiger partial charge in [0.05, 0.1) is 7.11 Å². The Bertz CT molecular complexity index is 654. The van der Waals surface area contributed by atoms with E-state index in [4.69, 9.17) is 4.74 Å². The van der Waals surface area contributed by atoms with Gasteiger partial charge in [-0.2, -0.15) is 0 Å². The lowest BCUT2D eigenvalue weighted by atomic mass is 9.96. The highest BCUT2D eigenvalue weighted by atomic mass is 16.5. The van der Waals surface area contributed by atoms with Crippen molar-refractivity contribution >= 4 is 5.78 Å². The Balaban J connectivity index is 2.07. The first-order valence-corrected chi connectivity index (χ1v) is 8.23. The van der Waals surface area contributed by atoms with Crippen molar-refractivity contribution in [1.29, 1.82) is 0 Å². The van der Waals surface area contributed by atoms with Crippen LogP contribution < -0.4 is 4.74 Å². The van der Waals surface area contributed by atoms with E-state index in [0.29, 0.717) is 12.3 Å². The van der Waals surface area contributed by atoms with E-state index in [1.54, 1.807) is 14.0 Å². The maximum atomic E-state index is 11.2. The third kappa shape index (κ3) is 4.95. The van der Waals surface area contributed by atoms with E-state index in [2.05, 4.69) is 56.3 Å². The smallest absolute Gasteiger partial charge is 0.134 e. The van der Waals surface area contributed by atoms with Crippen molar-refractivity contribution in [3.63, 3.8) is 0 Å². The number of hydrogen-bond donors (Lipinski definition) is 0. The number of rotatable bonds is 7. The average Bonchev–Trinajstić information content (AvgIpc) is 2.53. The molecule has 0 spiro atoms. The summed E-state index contributed by atoms with van der Waals surface area (Å²) in [5, 5.41) is 0. The molecule has 2 aromatic rings. The van der Waals surface area contributed by atoms with Gasteiger partial charge >= 0.3 is 0 Å². The molecule has 0 aliphatic rings. The van der Waals surface area contributed by atoms with Gasteiger partial charge in [0, 0.05) is 6.42 Å². The van der Waals surface area contributed by atoms with E-state index >= 15 is 0 Å². The molecule has 0 N–H and O–H groups in total. The molecule has 0 heterocycles. The van der Waals surface area contributed by atoms with E-state index in [1.807, 2.05) is 0 Å². The number of Topliss-reactive ketones (excluding diaryl/α,β-unsaturated/α-hetero) is 1. The number of carbonyl (C=O) groups is 1. The van der Waals surface area contributed by atoms with Crippen LogP contribution in [0.5, 0.6) is 5.75 Å². The molecule has 0 amide bonds. The zero-order valence-corrected chi connectivity index (χ0v) is 14.6. The molecule has 0 bridgehead atoms. The predicted molar refractivity (Wildman–Crippen MR) is 95.3 cm³/mol. The Kier molecular flexibility index (Phi) is 5.97. The Morgan fingerprint density at radius 2 is 1.65 bits per heavy atom. The topological polar surface area (TPSA) is 26.3 Å². The molecule has 2 aromatic carbocycles. The summed E-state index contributed by atoms with van der Waals surface area (Å²) in [5.41, 5.74) is 4.97. The summed E-state index contributed by atoms with van der Waals surface area (Å²) in [5.74, 6) is 1.68. The van der Waals surface area contributed by atoms with Crippen LogP contribution in [0.2, 0.25) is 0 Å². The van der Waals surface area contributed by atoms with Gasteiger partial charge in [0.2, 0.25) is 0 Å². The van der Waals surface area contributed by atoms with Crippen LogP contribution in [0.15, 0.2) is 42.5 Å². The fourth-order valence-electron chi connectivity index (χ4n) is 2.74. The Labute approximate surface area is 139 Å². The van der Waals surface area contributed by atoms with Crippen LogP contribution >= 0.6 is 0 Å². The summed E-state index contributed by atoms with van der Waals surface area (Å²) in [6.45, 7) is 6.04. The van der Waals surface area contributed by atoms with E-state index in [-0.39, 0.29) is 5.78 Å². The molecule has 2 rings (SSSR count). The number of hydrogen-bond acceptors (Lipinski definition) is 2. The van der Waals surface area contributed by atoms with E-state index in [9.17, 15) is 4.79 Å². The summed E-state index contributed by atoms with van der Waals surface area (Å²) in [6.07, 6.45) is 2.44. The molecule has 0 atom stereocenters. The Morgan fingerprint density at radius 3 is 2.22 bits per heavy atom. The maximum absolute atomic E-state index is 11.2. The number of benzene rings is 2. The minimum atomic E-state index is 0.202. The van der Waals surface area contributed by atoms with Gasteiger partial charge in [-0.15, -0.1) is 0 Å². The van der Waals surface area contributed by atoms with Crippen molar-refractivity contribution < 1.29 is 9.53 Å². The monoisotopic (exact) mass is 310 g/mol. The average molecular weight is 310 g/mol. The van der Waals surface area contributed by atoms with Gasteiger partial charge in [-0.25, -0.2) is 0 Å². The lowest BCUT2D eigenvalue weighted by Crippen LogP contribution is -1.99. The van der Waals surface area contributed by atoms with Crippen LogP contribution in [0.3, 0.4) is 0 Å². The zero-order valence-electron chi connectivity index (χ0n) is 14.6. The highest BCUT2D eigenvalue weighted by molar-refractivity contribution is 5.78. The van der Waals surface area contributed by atoms with Gasteiger partial charge in [0.25, 0.3) is 0 Å². The van der Waals surface area contributed by atoms with Gasteiger partial charge in [-0.1, -0.05) is 50.2 Å². The first-order valence-electron chi connectivity index (χ1n) is 8.23. The molecule has 0 fully saturated rings. The minimum absolute atomic E-state index is 0.202. The lowest BCUT2D eigenvalue weighted by Gasteiger charge is -2.13. The summed E-state index contributed by atoms with van der Waals surface area (Å²) in [6, 6.07) is 14.8. The number of ketones is 1. The molecule has 2 heteroatoms. The standard InChI is InChI=1S/C21H26O2/c1-15(2)19-11-12-21(23-4)20(14-19)10-9-17-5-7-18(8-6-17)13-16(3)22/h5-8,11-12,14-15H,9-10,13H2,1-4H3. The van der Waals surface area contributed by atoms with Crippen LogP contribution in [0.4, 0.5) is 0 Å². The summed E-state index contributed by atoms with van der Waals surface area (Å²) in [7, 11) is 1.73. The van der Waals surface area contributed by atoms with Gasteiger partial charge in [-0.3, -0.25) is 4.79 Å². The molecule has 0 saturated heterocycles. The maximum Gasteiger partial charge on any atom is 0.134 e. The number of ether oxygens (including phenoxy) is 1. The molecule has 0 aliphatic heterocycles. The second kappa shape index (κ2) is 7.96. The first-order chi connectivity index (χ1) is 11.0. The Morgan fingerprint density at radius 1 is 1.00 bits per heavy atom. The summed E-state index contributed by atoms with van der Waals surface area (Å²) >= 11 is 0. The van der Waals surface area contributed by atoms with E-state index < -0.39 is 0 Å². The highest BCUT2D eigenvalue weighted by Gasteiger charge is 2.07. The third-order valence-electron chi connectivity index (χ3n) is 4.13. The van der Waals surface area contributed by atoms with Crippen LogP contribution in [0.1, 0.15) is 48.9 Å². The Hall–Kier alpha value is -2.09. The SMILES string of the molecule is COc1ccc(C(C)C)cc1CCc1ccc(CC(C)=O)cc1. The number of aryl methyl sites for hydroxylation is 2. The van der Waals surface area contributed by atoms with Gasteiger partial charge in [0.15, 0.2) is 0 Å². The zero-order chi connectivity index (χ0) is 16.8. The van der Waals surface area contributed by atoms with Gasteiger partial charge < -0.3 is 4.74 Å². The van der Waals surface area contributed by atoms with Crippen molar-refractivity contribution in [2.75, 3.05) is 7.11 Å². The minimum Gasteiger partial charge on any atom is -0.496 e. The van der Waals surface area contributed by atoms with Crippen molar-refractivity contribution in [3.8, 4) is 5.75 Å². The molecule has 122 valence electrons. The lowest BCUT2D eigenvalue weighted by molar-refractivity contribution is -0.116. The molecule has 0 unspecified atom stereocenters. The quantitative estimate of drug-likeness (QED) is 0.738. The van der Waals surface area contributed by atoms with Crippen molar-refractivity contribution in [2.45, 2.75) is 46.0 Å². The van der Waals surface area contributed by atoms with Crippen molar-refractivity contribution in [3.05, 3.63) is 64.7 Å². The fraction of sp³-hybridized carbons (Fsp3) is 0.381. The second-order valence-corrected chi connectivity index (χ2v) is 6.42. The molecule has 0 aliphatic carbocycles. The van der Waals surface area contributed by atoms with Gasteiger partial charge in [0.1, 0.15) is 11.5 Å². The van der Waals surface area contributed by atoms with Crippen molar-refractivity contribution in [2.24, 2.45) is 0 Å². The first kappa shape index (κ1) is 17.3. The molecule has 23 heavy (non-hydrogen) atoms. The predicted octanol–water partition coefficient (Wildman–Crippen LogP) is 4.74. The highest BCUT2D eigenvalue weighted by Crippen LogP contribution is 2.25. The van der Waals surface area contributed by atoms with E-state index in [0.717, 1.165) is 24.2 Å². The molecular weight excluding hydrogens is 284 g/mol.